The lowest BCUT2D eigenvalue weighted by Gasteiger charge is -2.36. The van der Waals surface area contributed by atoms with Gasteiger partial charge in [-0.25, -0.2) is 0 Å². The van der Waals surface area contributed by atoms with E-state index in [1.807, 2.05) is 0 Å². The number of carbonyl (C=O) groups excluding carboxylic acids is 1. The maximum Gasteiger partial charge on any atom is 0.234 e. The van der Waals surface area contributed by atoms with Gasteiger partial charge in [0.05, 0.1) is 16.8 Å². The standard InChI is InChI=1S/C18H32N4O2S/c1-3-16-21-17(22-24-16)12-4-6-13-11(8-12)5-7-14(13)20-18(23)15-9-19-10(2)25-15/h10-17,19,21-22H,3-9H2,1-2H3,(H,20,23)/t10?,11?,12?,13?,14-,15?,16?,17?/m1/s1. The molecule has 4 N–H and O–H groups in total. The fraction of sp³-hybridized carbons (Fsp3) is 0.944. The van der Waals surface area contributed by atoms with Crippen LogP contribution in [-0.2, 0) is 9.63 Å². The van der Waals surface area contributed by atoms with Gasteiger partial charge in [0.2, 0.25) is 5.91 Å². The summed E-state index contributed by atoms with van der Waals surface area (Å²) in [5.41, 5.74) is 3.20. The smallest absolute Gasteiger partial charge is 0.234 e. The molecule has 25 heavy (non-hydrogen) atoms. The Labute approximate surface area is 154 Å². The summed E-state index contributed by atoms with van der Waals surface area (Å²) in [5, 5.41) is 10.8. The van der Waals surface area contributed by atoms with Crippen LogP contribution in [0.25, 0.3) is 0 Å². The van der Waals surface area contributed by atoms with Gasteiger partial charge in [-0.05, 0) is 63.2 Å². The largest absolute Gasteiger partial charge is 0.352 e. The normalized spacial score (nSPS) is 47.0. The first-order valence-electron chi connectivity index (χ1n) is 10.0. The molecule has 7 heteroatoms. The van der Waals surface area contributed by atoms with Crippen molar-refractivity contribution in [2.75, 3.05) is 6.54 Å². The molecule has 7 unspecified atom stereocenters. The van der Waals surface area contributed by atoms with E-state index in [0.717, 1.165) is 25.3 Å². The first-order valence-corrected chi connectivity index (χ1v) is 10.9. The topological polar surface area (TPSA) is 74.4 Å². The SMILES string of the molecule is CCC1NC(C2CCC3C(CC[C@H]3NC(=O)C3CNC(C)S3)C2)NO1. The Morgan fingerprint density at radius 2 is 2.08 bits per heavy atom. The number of hydrogen-bond donors (Lipinski definition) is 4. The van der Waals surface area contributed by atoms with Gasteiger partial charge in [-0.3, -0.25) is 14.9 Å². The van der Waals surface area contributed by atoms with Gasteiger partial charge in [0.1, 0.15) is 6.23 Å². The molecule has 4 aliphatic rings. The van der Waals surface area contributed by atoms with Crippen LogP contribution in [0.2, 0.25) is 0 Å². The van der Waals surface area contributed by atoms with Crippen molar-refractivity contribution in [3.8, 4) is 0 Å². The van der Waals surface area contributed by atoms with Crippen molar-refractivity contribution < 1.29 is 9.63 Å². The quantitative estimate of drug-likeness (QED) is 0.603. The highest BCUT2D eigenvalue weighted by atomic mass is 32.2. The molecular weight excluding hydrogens is 336 g/mol. The zero-order valence-corrected chi connectivity index (χ0v) is 16.1. The monoisotopic (exact) mass is 368 g/mol. The van der Waals surface area contributed by atoms with Crippen molar-refractivity contribution in [3.05, 3.63) is 0 Å². The molecule has 2 aliphatic heterocycles. The number of fused-ring (bicyclic) bond motifs is 1. The van der Waals surface area contributed by atoms with E-state index in [2.05, 4.69) is 35.3 Å². The van der Waals surface area contributed by atoms with Crippen molar-refractivity contribution in [2.24, 2.45) is 17.8 Å². The molecule has 0 radical (unpaired) electrons. The van der Waals surface area contributed by atoms with Crippen molar-refractivity contribution in [2.45, 2.75) is 81.4 Å². The third-order valence-corrected chi connectivity index (χ3v) is 7.86. The highest BCUT2D eigenvalue weighted by molar-refractivity contribution is 8.01. The van der Waals surface area contributed by atoms with Crippen LogP contribution < -0.4 is 21.4 Å². The Morgan fingerprint density at radius 3 is 2.80 bits per heavy atom. The number of carbonyl (C=O) groups is 1. The molecule has 0 aromatic rings. The molecule has 6 nitrogen and oxygen atoms in total. The van der Waals surface area contributed by atoms with Gasteiger partial charge in [-0.1, -0.05) is 6.92 Å². The van der Waals surface area contributed by atoms with Crippen molar-refractivity contribution in [3.63, 3.8) is 0 Å². The second kappa shape index (κ2) is 7.72. The summed E-state index contributed by atoms with van der Waals surface area (Å²) in [4.78, 5) is 18.1. The average molecular weight is 369 g/mol. The first kappa shape index (κ1) is 18.0. The Bertz CT molecular complexity index is 494. The molecule has 4 rings (SSSR count). The Balaban J connectivity index is 1.28. The fourth-order valence-corrected chi connectivity index (χ4v) is 6.25. The molecule has 0 aromatic carbocycles. The van der Waals surface area contributed by atoms with E-state index in [-0.39, 0.29) is 17.4 Å². The number of thioether (sulfide) groups is 1. The van der Waals surface area contributed by atoms with Gasteiger partial charge in [0.25, 0.3) is 0 Å². The summed E-state index contributed by atoms with van der Waals surface area (Å²) in [6, 6.07) is 0.388. The molecule has 2 saturated heterocycles. The van der Waals surface area contributed by atoms with Crippen LogP contribution in [0.5, 0.6) is 0 Å². The van der Waals surface area contributed by atoms with Gasteiger partial charge in [-0.2, -0.15) is 5.48 Å². The molecule has 8 atom stereocenters. The second-order valence-corrected chi connectivity index (χ2v) is 9.69. The maximum atomic E-state index is 12.6. The third kappa shape index (κ3) is 3.86. The lowest BCUT2D eigenvalue weighted by molar-refractivity contribution is -0.121. The van der Waals surface area contributed by atoms with Crippen molar-refractivity contribution >= 4 is 17.7 Å². The predicted octanol–water partition coefficient (Wildman–Crippen LogP) is 1.54. The number of hydrogen-bond acceptors (Lipinski definition) is 6. The number of rotatable bonds is 4. The minimum atomic E-state index is 0.0837. The number of amides is 1. The molecule has 2 aliphatic carbocycles. The van der Waals surface area contributed by atoms with Crippen LogP contribution >= 0.6 is 11.8 Å². The Hall–Kier alpha value is -0.340. The zero-order chi connectivity index (χ0) is 17.4. The Kier molecular flexibility index (Phi) is 5.57. The minimum Gasteiger partial charge on any atom is -0.352 e. The van der Waals surface area contributed by atoms with Gasteiger partial charge in [-0.15, -0.1) is 11.8 Å². The van der Waals surface area contributed by atoms with Gasteiger partial charge >= 0.3 is 0 Å². The van der Waals surface area contributed by atoms with E-state index in [0.29, 0.717) is 29.4 Å². The summed E-state index contributed by atoms with van der Waals surface area (Å²) in [6.07, 6.45) is 7.52. The lowest BCUT2D eigenvalue weighted by Crippen LogP contribution is -2.47. The summed E-state index contributed by atoms with van der Waals surface area (Å²) in [7, 11) is 0. The number of nitrogens with one attached hydrogen (secondary N) is 4. The second-order valence-electron chi connectivity index (χ2n) is 8.14. The molecule has 142 valence electrons. The maximum absolute atomic E-state index is 12.6. The molecule has 4 fully saturated rings. The van der Waals surface area contributed by atoms with Crippen molar-refractivity contribution in [1.82, 2.24) is 21.4 Å². The highest BCUT2D eigenvalue weighted by Crippen LogP contribution is 2.45. The van der Waals surface area contributed by atoms with Gasteiger partial charge in [0, 0.05) is 12.6 Å². The molecular formula is C18H32N4O2S. The van der Waals surface area contributed by atoms with E-state index in [1.54, 1.807) is 11.8 Å². The van der Waals surface area contributed by atoms with Gasteiger partial charge in [0.15, 0.2) is 0 Å². The highest BCUT2D eigenvalue weighted by Gasteiger charge is 2.44. The van der Waals surface area contributed by atoms with Crippen LogP contribution in [0.1, 0.15) is 52.4 Å². The molecule has 0 bridgehead atoms. The van der Waals surface area contributed by atoms with E-state index >= 15 is 0 Å². The molecule has 2 heterocycles. The van der Waals surface area contributed by atoms with E-state index in [9.17, 15) is 4.79 Å². The van der Waals surface area contributed by atoms with E-state index in [4.69, 9.17) is 4.84 Å². The first-order chi connectivity index (χ1) is 12.1. The predicted molar refractivity (Wildman–Crippen MR) is 99.6 cm³/mol. The van der Waals surface area contributed by atoms with Crippen molar-refractivity contribution in [1.29, 1.82) is 0 Å². The summed E-state index contributed by atoms with van der Waals surface area (Å²) in [6.45, 7) is 5.07. The Morgan fingerprint density at radius 1 is 1.24 bits per heavy atom. The summed E-state index contributed by atoms with van der Waals surface area (Å²) >= 11 is 1.75. The minimum absolute atomic E-state index is 0.0837. The van der Waals surface area contributed by atoms with Crippen LogP contribution in [0.3, 0.4) is 0 Å². The number of hydroxylamine groups is 1. The van der Waals surface area contributed by atoms with Crippen LogP contribution in [0.15, 0.2) is 0 Å². The van der Waals surface area contributed by atoms with E-state index in [1.165, 1.54) is 25.7 Å². The van der Waals surface area contributed by atoms with Crippen LogP contribution in [0.4, 0.5) is 0 Å². The molecule has 0 spiro atoms. The summed E-state index contributed by atoms with van der Waals surface area (Å²) < 4.78 is 0. The average Bonchev–Trinajstić information content (AvgIpc) is 3.34. The lowest BCUT2D eigenvalue weighted by atomic mass is 9.74. The molecule has 1 amide bonds. The van der Waals surface area contributed by atoms with Gasteiger partial charge < -0.3 is 10.6 Å². The zero-order valence-electron chi connectivity index (χ0n) is 15.3. The van der Waals surface area contributed by atoms with Crippen LogP contribution in [0, 0.1) is 17.8 Å². The summed E-state index contributed by atoms with van der Waals surface area (Å²) in [5.74, 6) is 2.30. The molecule has 2 saturated carbocycles. The third-order valence-electron chi connectivity index (χ3n) is 6.57. The van der Waals surface area contributed by atoms with E-state index < -0.39 is 0 Å². The molecule has 0 aromatic heterocycles. The fourth-order valence-electron chi connectivity index (χ4n) is 5.18. The van der Waals surface area contributed by atoms with Crippen LogP contribution in [-0.4, -0.2) is 41.5 Å².